The van der Waals surface area contributed by atoms with Crippen molar-refractivity contribution in [2.75, 3.05) is 7.11 Å². The summed E-state index contributed by atoms with van der Waals surface area (Å²) in [6.45, 7) is 7.73. The lowest BCUT2D eigenvalue weighted by Gasteiger charge is -2.20. The lowest BCUT2D eigenvalue weighted by Crippen LogP contribution is -2.16. The van der Waals surface area contributed by atoms with Gasteiger partial charge in [-0.1, -0.05) is 20.8 Å². The number of rotatable bonds is 2. The third kappa shape index (κ3) is 2.32. The van der Waals surface area contributed by atoms with Gasteiger partial charge in [-0.2, -0.15) is 0 Å². The second kappa shape index (κ2) is 4.12. The summed E-state index contributed by atoms with van der Waals surface area (Å²) in [5.74, 6) is -0.659. The standard InChI is InChI=1S/C12H17NO3/c1-7-10(16-5)8(11(14)15)6-9(13-7)12(2,3)4/h6H,1-5H3,(H,14,15). The average Bonchev–Trinajstić information content (AvgIpc) is 2.14. The van der Waals surface area contributed by atoms with Crippen LogP contribution in [0.1, 0.15) is 42.5 Å². The zero-order chi connectivity index (χ0) is 12.5. The molecule has 0 aromatic carbocycles. The maximum atomic E-state index is 11.1. The van der Waals surface area contributed by atoms with E-state index in [4.69, 9.17) is 9.84 Å². The van der Waals surface area contributed by atoms with Gasteiger partial charge in [0.1, 0.15) is 5.56 Å². The first-order valence-corrected chi connectivity index (χ1v) is 5.06. The lowest BCUT2D eigenvalue weighted by atomic mass is 9.90. The fourth-order valence-electron chi connectivity index (χ4n) is 1.46. The molecule has 1 rings (SSSR count). The molecule has 0 aliphatic heterocycles. The fraction of sp³-hybridized carbons (Fsp3) is 0.500. The Hall–Kier alpha value is -1.58. The van der Waals surface area contributed by atoms with Crippen molar-refractivity contribution >= 4 is 5.97 Å². The Morgan fingerprint density at radius 3 is 2.38 bits per heavy atom. The maximum absolute atomic E-state index is 11.1. The van der Waals surface area contributed by atoms with Crippen LogP contribution in [0.15, 0.2) is 6.07 Å². The van der Waals surface area contributed by atoms with Crippen molar-refractivity contribution in [3.05, 3.63) is 23.0 Å². The molecule has 0 radical (unpaired) electrons. The van der Waals surface area contributed by atoms with Gasteiger partial charge in [-0.05, 0) is 13.0 Å². The third-order valence-electron chi connectivity index (χ3n) is 2.35. The molecule has 16 heavy (non-hydrogen) atoms. The number of carboxylic acids is 1. The summed E-state index contributed by atoms with van der Waals surface area (Å²) in [6, 6.07) is 1.58. The van der Waals surface area contributed by atoms with Crippen LogP contribution in [0.25, 0.3) is 0 Å². The number of methoxy groups -OCH3 is 1. The molecule has 1 aromatic heterocycles. The molecule has 88 valence electrons. The van der Waals surface area contributed by atoms with E-state index in [1.165, 1.54) is 7.11 Å². The van der Waals surface area contributed by atoms with E-state index in [9.17, 15) is 4.79 Å². The normalized spacial score (nSPS) is 11.3. The fourth-order valence-corrected chi connectivity index (χ4v) is 1.46. The number of hydrogen-bond donors (Lipinski definition) is 1. The highest BCUT2D eigenvalue weighted by Gasteiger charge is 2.22. The van der Waals surface area contributed by atoms with Crippen LogP contribution in [-0.4, -0.2) is 23.2 Å². The van der Waals surface area contributed by atoms with Crippen molar-refractivity contribution < 1.29 is 14.6 Å². The SMILES string of the molecule is COc1c(C(=O)O)cc(C(C)(C)C)nc1C. The molecule has 1 N–H and O–H groups in total. The number of ether oxygens (including phenoxy) is 1. The molecule has 0 atom stereocenters. The Morgan fingerprint density at radius 1 is 1.44 bits per heavy atom. The number of nitrogens with zero attached hydrogens (tertiary/aromatic N) is 1. The first-order chi connectivity index (χ1) is 7.27. The van der Waals surface area contributed by atoms with Gasteiger partial charge in [0.25, 0.3) is 0 Å². The Bertz CT molecular complexity index is 419. The van der Waals surface area contributed by atoms with Gasteiger partial charge in [-0.15, -0.1) is 0 Å². The second-order valence-corrected chi connectivity index (χ2v) is 4.73. The van der Waals surface area contributed by atoms with E-state index in [2.05, 4.69) is 4.98 Å². The Balaban J connectivity index is 3.46. The van der Waals surface area contributed by atoms with Gasteiger partial charge in [-0.25, -0.2) is 4.79 Å². The zero-order valence-electron chi connectivity index (χ0n) is 10.3. The highest BCUT2D eigenvalue weighted by molar-refractivity contribution is 5.91. The van der Waals surface area contributed by atoms with Crippen LogP contribution < -0.4 is 4.74 Å². The van der Waals surface area contributed by atoms with Gasteiger partial charge in [0.15, 0.2) is 5.75 Å². The summed E-state index contributed by atoms with van der Waals surface area (Å²) in [7, 11) is 1.45. The smallest absolute Gasteiger partial charge is 0.339 e. The Morgan fingerprint density at radius 2 is 2.00 bits per heavy atom. The quantitative estimate of drug-likeness (QED) is 0.836. The van der Waals surface area contributed by atoms with Crippen LogP contribution in [0.5, 0.6) is 5.75 Å². The largest absolute Gasteiger partial charge is 0.494 e. The molecule has 0 aliphatic rings. The zero-order valence-corrected chi connectivity index (χ0v) is 10.3. The predicted octanol–water partition coefficient (Wildman–Crippen LogP) is 2.39. The minimum absolute atomic E-state index is 0.167. The highest BCUT2D eigenvalue weighted by atomic mass is 16.5. The molecule has 0 saturated carbocycles. The molecule has 0 fully saturated rings. The molecule has 1 aromatic rings. The monoisotopic (exact) mass is 223 g/mol. The average molecular weight is 223 g/mol. The maximum Gasteiger partial charge on any atom is 0.339 e. The molecule has 4 heteroatoms. The number of carboxylic acid groups (broad SMARTS) is 1. The van der Waals surface area contributed by atoms with Crippen LogP contribution >= 0.6 is 0 Å². The second-order valence-electron chi connectivity index (χ2n) is 4.73. The van der Waals surface area contributed by atoms with Crippen LogP contribution in [0.3, 0.4) is 0 Å². The minimum Gasteiger partial charge on any atom is -0.494 e. The first-order valence-electron chi connectivity index (χ1n) is 5.06. The minimum atomic E-state index is -0.993. The van der Waals surface area contributed by atoms with Crippen molar-refractivity contribution in [1.29, 1.82) is 0 Å². The first kappa shape index (κ1) is 12.5. The number of aromatic carboxylic acids is 1. The van der Waals surface area contributed by atoms with Crippen molar-refractivity contribution in [3.8, 4) is 5.75 Å². The van der Waals surface area contributed by atoms with Gasteiger partial charge in [0.05, 0.1) is 12.8 Å². The summed E-state index contributed by atoms with van der Waals surface area (Å²) in [5.41, 5.74) is 1.34. The van der Waals surface area contributed by atoms with Crippen LogP contribution in [0.2, 0.25) is 0 Å². The van der Waals surface area contributed by atoms with E-state index in [0.717, 1.165) is 5.69 Å². The van der Waals surface area contributed by atoms with Gasteiger partial charge in [0, 0.05) is 11.1 Å². The number of aryl methyl sites for hydroxylation is 1. The highest BCUT2D eigenvalue weighted by Crippen LogP contribution is 2.28. The number of pyridine rings is 1. The van der Waals surface area contributed by atoms with Crippen molar-refractivity contribution in [2.45, 2.75) is 33.1 Å². The topological polar surface area (TPSA) is 59.4 Å². The summed E-state index contributed by atoms with van der Waals surface area (Å²) < 4.78 is 5.06. The molecule has 0 bridgehead atoms. The van der Waals surface area contributed by atoms with Gasteiger partial charge < -0.3 is 9.84 Å². The van der Waals surface area contributed by atoms with E-state index in [1.807, 2.05) is 20.8 Å². The molecule has 0 amide bonds. The molecule has 0 spiro atoms. The molecule has 1 heterocycles. The molecule has 4 nitrogen and oxygen atoms in total. The predicted molar refractivity (Wildman–Crippen MR) is 61.2 cm³/mol. The summed E-state index contributed by atoms with van der Waals surface area (Å²) >= 11 is 0. The molecular formula is C12H17NO3. The molecular weight excluding hydrogens is 206 g/mol. The van der Waals surface area contributed by atoms with Gasteiger partial charge in [0.2, 0.25) is 0 Å². The van der Waals surface area contributed by atoms with E-state index >= 15 is 0 Å². The van der Waals surface area contributed by atoms with Gasteiger partial charge >= 0.3 is 5.97 Å². The van der Waals surface area contributed by atoms with E-state index < -0.39 is 5.97 Å². The summed E-state index contributed by atoms with van der Waals surface area (Å²) in [4.78, 5) is 15.5. The summed E-state index contributed by atoms with van der Waals surface area (Å²) in [6.07, 6.45) is 0. The lowest BCUT2D eigenvalue weighted by molar-refractivity contribution is 0.0692. The Kier molecular flexibility index (Phi) is 3.21. The Labute approximate surface area is 95.3 Å². The van der Waals surface area contributed by atoms with Crippen LogP contribution in [0.4, 0.5) is 0 Å². The van der Waals surface area contributed by atoms with E-state index in [1.54, 1.807) is 13.0 Å². The van der Waals surface area contributed by atoms with E-state index in [0.29, 0.717) is 11.4 Å². The third-order valence-corrected chi connectivity index (χ3v) is 2.35. The van der Waals surface area contributed by atoms with Crippen molar-refractivity contribution in [2.24, 2.45) is 0 Å². The number of carbonyl (C=O) groups is 1. The van der Waals surface area contributed by atoms with Gasteiger partial charge in [-0.3, -0.25) is 4.98 Å². The molecule has 0 unspecified atom stereocenters. The van der Waals surface area contributed by atoms with Crippen molar-refractivity contribution in [3.63, 3.8) is 0 Å². The molecule has 0 aliphatic carbocycles. The van der Waals surface area contributed by atoms with Crippen molar-refractivity contribution in [1.82, 2.24) is 4.98 Å². The van der Waals surface area contributed by atoms with E-state index in [-0.39, 0.29) is 11.0 Å². The van der Waals surface area contributed by atoms with Crippen LogP contribution in [0, 0.1) is 6.92 Å². The number of aromatic nitrogens is 1. The summed E-state index contributed by atoms with van der Waals surface area (Å²) in [5, 5.41) is 9.10. The number of hydrogen-bond acceptors (Lipinski definition) is 3. The molecule has 0 saturated heterocycles. The van der Waals surface area contributed by atoms with Crippen LogP contribution in [-0.2, 0) is 5.41 Å².